The van der Waals surface area contributed by atoms with Crippen LogP contribution in [0.4, 0.5) is 5.69 Å². The van der Waals surface area contributed by atoms with Gasteiger partial charge in [0.05, 0.1) is 11.6 Å². The van der Waals surface area contributed by atoms with Crippen molar-refractivity contribution in [1.82, 2.24) is 0 Å². The molecule has 0 heterocycles. The van der Waals surface area contributed by atoms with Gasteiger partial charge >= 0.3 is 0 Å². The van der Waals surface area contributed by atoms with Crippen LogP contribution in [-0.2, 0) is 6.54 Å². The van der Waals surface area contributed by atoms with E-state index in [0.29, 0.717) is 12.1 Å². The molecule has 2 aromatic carbocycles. The van der Waals surface area contributed by atoms with Crippen LogP contribution in [0.15, 0.2) is 53.4 Å². The second kappa shape index (κ2) is 8.35. The standard InChI is InChI=1S/C17H18N2OS/c18-12-14-3-1-4-15(11-14)13-19-16-5-7-17(8-6-16)21-10-2-9-20/h1,3-8,11,19-20H,2,9-10,13H2. The van der Waals surface area contributed by atoms with Crippen LogP contribution >= 0.6 is 11.8 Å². The van der Waals surface area contributed by atoms with Crippen molar-refractivity contribution in [1.29, 1.82) is 5.26 Å². The summed E-state index contributed by atoms with van der Waals surface area (Å²) in [5.41, 5.74) is 2.84. The highest BCUT2D eigenvalue weighted by Gasteiger charge is 1.98. The van der Waals surface area contributed by atoms with Gasteiger partial charge in [-0.1, -0.05) is 12.1 Å². The first-order chi connectivity index (χ1) is 10.3. The Morgan fingerprint density at radius 1 is 1.14 bits per heavy atom. The molecule has 0 aliphatic rings. The Balaban J connectivity index is 1.87. The molecule has 3 nitrogen and oxygen atoms in total. The molecule has 0 saturated heterocycles. The predicted octanol–water partition coefficient (Wildman–Crippen LogP) is 3.64. The molecule has 0 bridgehead atoms. The smallest absolute Gasteiger partial charge is 0.0991 e. The van der Waals surface area contributed by atoms with Gasteiger partial charge in [-0.25, -0.2) is 0 Å². The lowest BCUT2D eigenvalue weighted by Gasteiger charge is -2.08. The molecule has 0 saturated carbocycles. The molecule has 0 fully saturated rings. The third-order valence-corrected chi connectivity index (χ3v) is 4.08. The Hall–Kier alpha value is -1.96. The van der Waals surface area contributed by atoms with E-state index < -0.39 is 0 Å². The summed E-state index contributed by atoms with van der Waals surface area (Å²) < 4.78 is 0. The van der Waals surface area contributed by atoms with E-state index in [4.69, 9.17) is 10.4 Å². The first-order valence-electron chi connectivity index (χ1n) is 6.88. The van der Waals surface area contributed by atoms with Gasteiger partial charge in [0, 0.05) is 29.5 Å². The van der Waals surface area contributed by atoms with Crippen LogP contribution in [0.5, 0.6) is 0 Å². The van der Waals surface area contributed by atoms with E-state index in [1.165, 1.54) is 4.90 Å². The summed E-state index contributed by atoms with van der Waals surface area (Å²) in [5, 5.41) is 21.0. The van der Waals surface area contributed by atoms with Gasteiger partial charge in [0.1, 0.15) is 0 Å². The van der Waals surface area contributed by atoms with E-state index in [-0.39, 0.29) is 6.61 Å². The van der Waals surface area contributed by atoms with Crippen LogP contribution in [0.3, 0.4) is 0 Å². The van der Waals surface area contributed by atoms with Crippen molar-refractivity contribution in [3.8, 4) is 6.07 Å². The van der Waals surface area contributed by atoms with Gasteiger partial charge < -0.3 is 10.4 Å². The molecule has 2 rings (SSSR count). The first-order valence-corrected chi connectivity index (χ1v) is 7.87. The molecule has 0 spiro atoms. The number of nitrogens with one attached hydrogen (secondary N) is 1. The van der Waals surface area contributed by atoms with Crippen LogP contribution in [0, 0.1) is 11.3 Å². The van der Waals surface area contributed by atoms with Gasteiger partial charge in [0.25, 0.3) is 0 Å². The van der Waals surface area contributed by atoms with Crippen molar-refractivity contribution >= 4 is 17.4 Å². The van der Waals surface area contributed by atoms with Crippen molar-refractivity contribution in [2.24, 2.45) is 0 Å². The fourth-order valence-electron chi connectivity index (χ4n) is 1.88. The molecule has 0 atom stereocenters. The van der Waals surface area contributed by atoms with Crippen molar-refractivity contribution in [2.75, 3.05) is 17.7 Å². The Bertz CT molecular complexity index is 605. The monoisotopic (exact) mass is 298 g/mol. The molecule has 0 aromatic heterocycles. The molecule has 21 heavy (non-hydrogen) atoms. The highest BCUT2D eigenvalue weighted by atomic mass is 32.2. The molecule has 0 aliphatic carbocycles. The zero-order chi connectivity index (χ0) is 14.9. The second-order valence-electron chi connectivity index (χ2n) is 4.62. The molecular formula is C17H18N2OS. The van der Waals surface area contributed by atoms with Crippen LogP contribution in [0.2, 0.25) is 0 Å². The van der Waals surface area contributed by atoms with Crippen molar-refractivity contribution in [3.05, 3.63) is 59.7 Å². The van der Waals surface area contributed by atoms with Gasteiger partial charge in [-0.3, -0.25) is 0 Å². The number of thioether (sulfide) groups is 1. The van der Waals surface area contributed by atoms with Crippen LogP contribution < -0.4 is 5.32 Å². The molecular weight excluding hydrogens is 280 g/mol. The third kappa shape index (κ3) is 5.14. The normalized spacial score (nSPS) is 10.1. The number of anilines is 1. The summed E-state index contributed by atoms with van der Waals surface area (Å²) in [6.07, 6.45) is 0.819. The maximum absolute atomic E-state index is 8.88. The summed E-state index contributed by atoms with van der Waals surface area (Å²) in [4.78, 5) is 1.21. The number of aliphatic hydroxyl groups excluding tert-OH is 1. The molecule has 0 radical (unpaired) electrons. The highest BCUT2D eigenvalue weighted by molar-refractivity contribution is 7.99. The van der Waals surface area contributed by atoms with Crippen LogP contribution in [0.25, 0.3) is 0 Å². The molecule has 4 heteroatoms. The quantitative estimate of drug-likeness (QED) is 0.605. The lowest BCUT2D eigenvalue weighted by atomic mass is 10.1. The lowest BCUT2D eigenvalue weighted by molar-refractivity contribution is 0.296. The van der Waals surface area contributed by atoms with Crippen molar-refractivity contribution in [3.63, 3.8) is 0 Å². The van der Waals surface area contributed by atoms with Gasteiger partial charge in [0.15, 0.2) is 0 Å². The largest absolute Gasteiger partial charge is 0.396 e. The number of rotatable bonds is 7. The van der Waals surface area contributed by atoms with Gasteiger partial charge in [-0.05, 0) is 48.4 Å². The Labute approximate surface area is 129 Å². The predicted molar refractivity (Wildman–Crippen MR) is 87.4 cm³/mol. The second-order valence-corrected chi connectivity index (χ2v) is 5.78. The Morgan fingerprint density at radius 2 is 1.95 bits per heavy atom. The maximum atomic E-state index is 8.88. The number of nitriles is 1. The number of benzene rings is 2. The summed E-state index contributed by atoms with van der Waals surface area (Å²) in [6, 6.07) is 18.0. The van der Waals surface area contributed by atoms with E-state index in [2.05, 4.69) is 35.7 Å². The molecule has 2 N–H and O–H groups in total. The maximum Gasteiger partial charge on any atom is 0.0991 e. The summed E-state index contributed by atoms with van der Waals surface area (Å²) >= 11 is 1.75. The van der Waals surface area contributed by atoms with Gasteiger partial charge in [0.2, 0.25) is 0 Å². The molecule has 108 valence electrons. The molecule has 0 aliphatic heterocycles. The van der Waals surface area contributed by atoms with E-state index in [0.717, 1.165) is 23.4 Å². The summed E-state index contributed by atoms with van der Waals surface area (Å²) in [5.74, 6) is 0.935. The minimum absolute atomic E-state index is 0.244. The third-order valence-electron chi connectivity index (χ3n) is 2.98. The highest BCUT2D eigenvalue weighted by Crippen LogP contribution is 2.21. The van der Waals surface area contributed by atoms with E-state index in [1.54, 1.807) is 11.8 Å². The average molecular weight is 298 g/mol. The zero-order valence-corrected chi connectivity index (χ0v) is 12.6. The van der Waals surface area contributed by atoms with E-state index in [1.807, 2.05) is 24.3 Å². The molecule has 0 unspecified atom stereocenters. The summed E-state index contributed by atoms with van der Waals surface area (Å²) in [7, 11) is 0. The van der Waals surface area contributed by atoms with Gasteiger partial charge in [-0.15, -0.1) is 11.8 Å². The zero-order valence-electron chi connectivity index (χ0n) is 11.7. The SMILES string of the molecule is N#Cc1cccc(CNc2ccc(SCCCO)cc2)c1. The van der Waals surface area contributed by atoms with Crippen LogP contribution in [0.1, 0.15) is 17.5 Å². The van der Waals surface area contributed by atoms with Crippen molar-refractivity contribution in [2.45, 2.75) is 17.9 Å². The number of nitrogens with zero attached hydrogens (tertiary/aromatic N) is 1. The van der Waals surface area contributed by atoms with Crippen molar-refractivity contribution < 1.29 is 5.11 Å². The number of hydrogen-bond donors (Lipinski definition) is 2. The molecule has 2 aromatic rings. The summed E-state index contributed by atoms with van der Waals surface area (Å²) in [6.45, 7) is 0.945. The fraction of sp³-hybridized carbons (Fsp3) is 0.235. The Kier molecular flexibility index (Phi) is 6.14. The fourth-order valence-corrected chi connectivity index (χ4v) is 2.72. The number of hydrogen-bond acceptors (Lipinski definition) is 4. The lowest BCUT2D eigenvalue weighted by Crippen LogP contribution is -1.99. The first kappa shape index (κ1) is 15.4. The average Bonchev–Trinajstić information content (AvgIpc) is 2.54. The Morgan fingerprint density at radius 3 is 2.67 bits per heavy atom. The minimum Gasteiger partial charge on any atom is -0.396 e. The van der Waals surface area contributed by atoms with Crippen LogP contribution in [-0.4, -0.2) is 17.5 Å². The van der Waals surface area contributed by atoms with Gasteiger partial charge in [-0.2, -0.15) is 5.26 Å². The molecule has 0 amide bonds. The minimum atomic E-state index is 0.244. The van der Waals surface area contributed by atoms with E-state index in [9.17, 15) is 0 Å². The number of aliphatic hydroxyl groups is 1. The topological polar surface area (TPSA) is 56.0 Å². The van der Waals surface area contributed by atoms with E-state index >= 15 is 0 Å².